The van der Waals surface area contributed by atoms with E-state index in [2.05, 4.69) is 20.4 Å². The summed E-state index contributed by atoms with van der Waals surface area (Å²) in [5.41, 5.74) is 0.485. The van der Waals surface area contributed by atoms with Crippen molar-refractivity contribution < 1.29 is 14.3 Å². The standard InChI is InChI=1S/C17H16N6O3S/c1-26-17(25)15-12(3-6-27-15)21-16(24)11-8-22(9-11)13-7-14(19-10-18-13)23-5-2-4-20-23/h2-7,10-11H,8-9H2,1H3,(H,21,24). The van der Waals surface area contributed by atoms with Crippen molar-refractivity contribution in [3.63, 3.8) is 0 Å². The van der Waals surface area contributed by atoms with Crippen LogP contribution in [0.2, 0.25) is 0 Å². The van der Waals surface area contributed by atoms with Gasteiger partial charge in [-0.1, -0.05) is 0 Å². The number of anilines is 2. The van der Waals surface area contributed by atoms with E-state index in [1.807, 2.05) is 17.0 Å². The topological polar surface area (TPSA) is 102 Å². The molecular weight excluding hydrogens is 368 g/mol. The van der Waals surface area contributed by atoms with Crippen LogP contribution in [-0.4, -0.2) is 51.8 Å². The molecule has 10 heteroatoms. The first-order chi connectivity index (χ1) is 13.2. The van der Waals surface area contributed by atoms with Crippen molar-refractivity contribution in [1.29, 1.82) is 0 Å². The van der Waals surface area contributed by atoms with Gasteiger partial charge in [-0.25, -0.2) is 19.4 Å². The largest absolute Gasteiger partial charge is 0.465 e. The Kier molecular flexibility index (Phi) is 4.55. The third kappa shape index (κ3) is 3.38. The molecule has 9 nitrogen and oxygen atoms in total. The van der Waals surface area contributed by atoms with Gasteiger partial charge in [-0.3, -0.25) is 4.79 Å². The SMILES string of the molecule is COC(=O)c1sccc1NC(=O)C1CN(c2cc(-n3cccn3)ncn2)C1. The quantitative estimate of drug-likeness (QED) is 0.666. The third-order valence-corrected chi connectivity index (χ3v) is 5.14. The fraction of sp³-hybridized carbons (Fsp3) is 0.235. The minimum atomic E-state index is -0.456. The van der Waals surface area contributed by atoms with E-state index in [-0.39, 0.29) is 11.8 Å². The molecule has 0 aromatic carbocycles. The van der Waals surface area contributed by atoms with Gasteiger partial charge in [-0.15, -0.1) is 11.3 Å². The number of aromatic nitrogens is 4. The minimum absolute atomic E-state index is 0.129. The molecule has 0 atom stereocenters. The molecule has 4 rings (SSSR count). The first-order valence-electron chi connectivity index (χ1n) is 8.19. The van der Waals surface area contributed by atoms with Crippen LogP contribution in [-0.2, 0) is 9.53 Å². The second-order valence-corrected chi connectivity index (χ2v) is 6.85. The Morgan fingerprint density at radius 1 is 1.30 bits per heavy atom. The van der Waals surface area contributed by atoms with Gasteiger partial charge >= 0.3 is 5.97 Å². The minimum Gasteiger partial charge on any atom is -0.465 e. The molecular formula is C17H16N6O3S. The van der Waals surface area contributed by atoms with Crippen molar-refractivity contribution in [1.82, 2.24) is 19.7 Å². The van der Waals surface area contributed by atoms with Crippen molar-refractivity contribution in [2.75, 3.05) is 30.4 Å². The van der Waals surface area contributed by atoms with Gasteiger partial charge in [0.25, 0.3) is 0 Å². The number of methoxy groups -OCH3 is 1. The normalized spacial score (nSPS) is 13.9. The van der Waals surface area contributed by atoms with Crippen LogP contribution in [0.1, 0.15) is 9.67 Å². The molecule has 3 aromatic heterocycles. The van der Waals surface area contributed by atoms with E-state index in [0.717, 1.165) is 5.82 Å². The molecule has 0 radical (unpaired) electrons. The van der Waals surface area contributed by atoms with Crippen LogP contribution < -0.4 is 10.2 Å². The van der Waals surface area contributed by atoms with E-state index in [9.17, 15) is 9.59 Å². The third-order valence-electron chi connectivity index (χ3n) is 4.25. The summed E-state index contributed by atoms with van der Waals surface area (Å²) in [6.07, 6.45) is 4.96. The maximum atomic E-state index is 12.5. The molecule has 1 aliphatic heterocycles. The number of carbonyl (C=O) groups excluding carboxylic acids is 2. The Balaban J connectivity index is 1.38. The van der Waals surface area contributed by atoms with Gasteiger partial charge in [0.1, 0.15) is 17.0 Å². The van der Waals surface area contributed by atoms with Crippen LogP contribution in [0, 0.1) is 5.92 Å². The fourth-order valence-electron chi connectivity index (χ4n) is 2.76. The maximum absolute atomic E-state index is 12.5. The first-order valence-corrected chi connectivity index (χ1v) is 9.07. The smallest absolute Gasteiger partial charge is 0.350 e. The lowest BCUT2D eigenvalue weighted by atomic mass is 9.99. The molecule has 138 valence electrons. The van der Waals surface area contributed by atoms with Gasteiger partial charge in [0, 0.05) is 31.5 Å². The lowest BCUT2D eigenvalue weighted by Gasteiger charge is -2.39. The highest BCUT2D eigenvalue weighted by atomic mass is 32.1. The van der Waals surface area contributed by atoms with E-state index in [4.69, 9.17) is 4.74 Å². The summed E-state index contributed by atoms with van der Waals surface area (Å²) in [5, 5.41) is 8.71. The van der Waals surface area contributed by atoms with Gasteiger partial charge in [-0.2, -0.15) is 5.10 Å². The molecule has 1 amide bonds. The molecule has 1 N–H and O–H groups in total. The van der Waals surface area contributed by atoms with Gasteiger partial charge in [-0.05, 0) is 17.5 Å². The predicted octanol–water partition coefficient (Wildman–Crippen LogP) is 1.59. The zero-order valence-corrected chi connectivity index (χ0v) is 15.2. The zero-order chi connectivity index (χ0) is 18.8. The van der Waals surface area contributed by atoms with Crippen molar-refractivity contribution in [3.8, 4) is 5.82 Å². The van der Waals surface area contributed by atoms with Gasteiger partial charge in [0.15, 0.2) is 5.82 Å². The number of carbonyl (C=O) groups is 2. The highest BCUT2D eigenvalue weighted by Crippen LogP contribution is 2.27. The van der Waals surface area contributed by atoms with Crippen LogP contribution in [0.15, 0.2) is 42.3 Å². The molecule has 27 heavy (non-hydrogen) atoms. The molecule has 3 aromatic rings. The first kappa shape index (κ1) is 17.2. The molecule has 1 saturated heterocycles. The van der Waals surface area contributed by atoms with Crippen LogP contribution in [0.4, 0.5) is 11.5 Å². The number of amides is 1. The number of hydrogen-bond donors (Lipinski definition) is 1. The molecule has 1 fully saturated rings. The van der Waals surface area contributed by atoms with Crippen LogP contribution in [0.3, 0.4) is 0 Å². The van der Waals surface area contributed by atoms with Crippen LogP contribution >= 0.6 is 11.3 Å². The molecule has 0 bridgehead atoms. The summed E-state index contributed by atoms with van der Waals surface area (Å²) >= 11 is 1.23. The number of nitrogens with one attached hydrogen (secondary N) is 1. The summed E-state index contributed by atoms with van der Waals surface area (Å²) in [6.45, 7) is 1.08. The van der Waals surface area contributed by atoms with E-state index in [1.54, 1.807) is 28.5 Å². The van der Waals surface area contributed by atoms with Gasteiger partial charge in [0.05, 0.1) is 18.7 Å². The molecule has 0 saturated carbocycles. The second-order valence-electron chi connectivity index (χ2n) is 5.93. The van der Waals surface area contributed by atoms with Crippen LogP contribution in [0.5, 0.6) is 0 Å². The molecule has 0 spiro atoms. The van der Waals surface area contributed by atoms with Crippen molar-refractivity contribution in [2.24, 2.45) is 5.92 Å². The average Bonchev–Trinajstić information content (AvgIpc) is 3.32. The maximum Gasteiger partial charge on any atom is 0.350 e. The number of thiophene rings is 1. The van der Waals surface area contributed by atoms with Crippen molar-refractivity contribution in [2.45, 2.75) is 0 Å². The molecule has 0 unspecified atom stereocenters. The highest BCUT2D eigenvalue weighted by Gasteiger charge is 2.34. The van der Waals surface area contributed by atoms with E-state index in [0.29, 0.717) is 29.5 Å². The van der Waals surface area contributed by atoms with Gasteiger partial charge < -0.3 is 15.0 Å². The number of nitrogens with zero attached hydrogens (tertiary/aromatic N) is 5. The Bertz CT molecular complexity index is 965. The highest BCUT2D eigenvalue weighted by molar-refractivity contribution is 7.12. The molecule has 0 aliphatic carbocycles. The Labute approximate surface area is 158 Å². The second kappa shape index (κ2) is 7.16. The molecule has 1 aliphatic rings. The monoisotopic (exact) mass is 384 g/mol. The predicted molar refractivity (Wildman–Crippen MR) is 99.1 cm³/mol. The summed E-state index contributed by atoms with van der Waals surface area (Å²) in [4.78, 5) is 35.0. The van der Waals surface area contributed by atoms with Crippen molar-refractivity contribution >= 4 is 34.7 Å². The van der Waals surface area contributed by atoms with Crippen LogP contribution in [0.25, 0.3) is 5.82 Å². The Morgan fingerprint density at radius 3 is 2.85 bits per heavy atom. The number of ether oxygens (including phenoxy) is 1. The summed E-state index contributed by atoms with van der Waals surface area (Å²) in [7, 11) is 1.32. The Hall–Kier alpha value is -3.27. The van der Waals surface area contributed by atoms with E-state index >= 15 is 0 Å². The number of hydrogen-bond acceptors (Lipinski definition) is 8. The van der Waals surface area contributed by atoms with E-state index < -0.39 is 5.97 Å². The summed E-state index contributed by atoms with van der Waals surface area (Å²) in [6, 6.07) is 5.35. The van der Waals surface area contributed by atoms with E-state index in [1.165, 1.54) is 24.8 Å². The fourth-order valence-corrected chi connectivity index (χ4v) is 3.53. The average molecular weight is 384 g/mol. The molecule has 4 heterocycles. The lowest BCUT2D eigenvalue weighted by molar-refractivity contribution is -0.120. The summed E-state index contributed by atoms with van der Waals surface area (Å²) < 4.78 is 6.38. The Morgan fingerprint density at radius 2 is 2.11 bits per heavy atom. The zero-order valence-electron chi connectivity index (χ0n) is 14.4. The summed E-state index contributed by atoms with van der Waals surface area (Å²) in [5.74, 6) is 0.640. The lowest BCUT2D eigenvalue weighted by Crippen LogP contribution is -2.52. The van der Waals surface area contributed by atoms with Crippen molar-refractivity contribution in [3.05, 3.63) is 47.2 Å². The number of rotatable bonds is 5. The number of esters is 1. The van der Waals surface area contributed by atoms with Gasteiger partial charge in [0.2, 0.25) is 5.91 Å².